The lowest BCUT2D eigenvalue weighted by atomic mass is 10.1. The summed E-state index contributed by atoms with van der Waals surface area (Å²) in [5.74, 6) is 0.512. The fourth-order valence-electron chi connectivity index (χ4n) is 3.05. The van der Waals surface area contributed by atoms with Gasteiger partial charge in [-0.05, 0) is 69.5 Å². The van der Waals surface area contributed by atoms with Crippen LogP contribution in [0.1, 0.15) is 37.3 Å². The van der Waals surface area contributed by atoms with E-state index in [1.165, 1.54) is 37.1 Å². The van der Waals surface area contributed by atoms with E-state index in [-0.39, 0.29) is 24.0 Å². The monoisotopic (exact) mass is 416 g/mol. The Bertz CT molecular complexity index is 475. The van der Waals surface area contributed by atoms with E-state index in [2.05, 4.69) is 54.2 Å². The third-order valence-corrected chi connectivity index (χ3v) is 4.09. The van der Waals surface area contributed by atoms with Crippen LogP contribution in [0.25, 0.3) is 0 Å². The van der Waals surface area contributed by atoms with Gasteiger partial charge in [0, 0.05) is 11.7 Å². The van der Waals surface area contributed by atoms with E-state index in [4.69, 9.17) is 5.73 Å². The highest BCUT2D eigenvalue weighted by Gasteiger charge is 2.19. The first kappa shape index (κ1) is 19.2. The number of benzene rings is 1. The number of anilines is 1. The van der Waals surface area contributed by atoms with Crippen molar-refractivity contribution < 1.29 is 0 Å². The van der Waals surface area contributed by atoms with Gasteiger partial charge in [0.15, 0.2) is 5.96 Å². The molecule has 1 fully saturated rings. The standard InChI is InChI=1S/C17H28N4.HI/c1-4-16(21-7-5-6-8-21)12-19-17(18)20-15-10-13(2)9-14(3)11-15;/h9-11,16H,4-8,12H2,1-3H3,(H3,18,19,20);1H. The van der Waals surface area contributed by atoms with E-state index >= 15 is 0 Å². The Labute approximate surface area is 151 Å². The Morgan fingerprint density at radius 3 is 2.36 bits per heavy atom. The van der Waals surface area contributed by atoms with E-state index in [0.29, 0.717) is 12.0 Å². The van der Waals surface area contributed by atoms with Crippen molar-refractivity contribution in [2.75, 3.05) is 25.0 Å². The minimum atomic E-state index is 0. The average Bonchev–Trinajstić information content (AvgIpc) is 2.92. The van der Waals surface area contributed by atoms with Crippen LogP contribution in [0.15, 0.2) is 23.2 Å². The van der Waals surface area contributed by atoms with Crippen LogP contribution in [0.4, 0.5) is 5.69 Å². The van der Waals surface area contributed by atoms with Crippen LogP contribution in [0.3, 0.4) is 0 Å². The zero-order chi connectivity index (χ0) is 15.2. The van der Waals surface area contributed by atoms with E-state index in [1.54, 1.807) is 0 Å². The lowest BCUT2D eigenvalue weighted by molar-refractivity contribution is 0.242. The fraction of sp³-hybridized carbons (Fsp3) is 0.588. The largest absolute Gasteiger partial charge is 0.370 e. The summed E-state index contributed by atoms with van der Waals surface area (Å²) in [6.45, 7) is 9.60. The predicted octanol–water partition coefficient (Wildman–Crippen LogP) is 3.52. The molecular weight excluding hydrogens is 387 g/mol. The first-order chi connectivity index (χ1) is 10.1. The zero-order valence-electron chi connectivity index (χ0n) is 13.9. The van der Waals surface area contributed by atoms with E-state index in [1.807, 2.05) is 0 Å². The molecule has 1 atom stereocenters. The summed E-state index contributed by atoms with van der Waals surface area (Å²) in [6, 6.07) is 6.85. The number of nitrogens with zero attached hydrogens (tertiary/aromatic N) is 2. The Kier molecular flexibility index (Phi) is 8.17. The molecule has 1 heterocycles. The molecule has 0 saturated carbocycles. The Morgan fingerprint density at radius 2 is 1.82 bits per heavy atom. The molecule has 2 rings (SSSR count). The maximum Gasteiger partial charge on any atom is 0.193 e. The fourth-order valence-corrected chi connectivity index (χ4v) is 3.05. The normalized spacial score (nSPS) is 17.1. The highest BCUT2D eigenvalue weighted by atomic mass is 127. The average molecular weight is 416 g/mol. The summed E-state index contributed by atoms with van der Waals surface area (Å²) in [7, 11) is 0. The molecule has 0 spiro atoms. The minimum Gasteiger partial charge on any atom is -0.370 e. The maximum atomic E-state index is 6.03. The summed E-state index contributed by atoms with van der Waals surface area (Å²) in [5.41, 5.74) is 9.51. The van der Waals surface area contributed by atoms with Crippen molar-refractivity contribution in [3.63, 3.8) is 0 Å². The zero-order valence-corrected chi connectivity index (χ0v) is 16.3. The van der Waals surface area contributed by atoms with Crippen LogP contribution in [0.5, 0.6) is 0 Å². The Hall–Kier alpha value is -0.820. The summed E-state index contributed by atoms with van der Waals surface area (Å²) in [6.07, 6.45) is 3.76. The Balaban J connectivity index is 0.00000242. The van der Waals surface area contributed by atoms with Gasteiger partial charge in [-0.15, -0.1) is 24.0 Å². The van der Waals surface area contributed by atoms with Gasteiger partial charge in [-0.1, -0.05) is 13.0 Å². The second-order valence-electron chi connectivity index (χ2n) is 6.03. The summed E-state index contributed by atoms with van der Waals surface area (Å²) >= 11 is 0. The van der Waals surface area contributed by atoms with E-state index in [0.717, 1.165) is 18.7 Å². The number of likely N-dealkylation sites (tertiary alicyclic amines) is 1. The van der Waals surface area contributed by atoms with Crippen LogP contribution in [0.2, 0.25) is 0 Å². The highest BCUT2D eigenvalue weighted by molar-refractivity contribution is 14.0. The summed E-state index contributed by atoms with van der Waals surface area (Å²) < 4.78 is 0. The molecule has 5 heteroatoms. The topological polar surface area (TPSA) is 53.6 Å². The lowest BCUT2D eigenvalue weighted by Crippen LogP contribution is -2.35. The molecule has 1 aromatic rings. The molecule has 22 heavy (non-hydrogen) atoms. The number of hydrogen-bond donors (Lipinski definition) is 2. The molecule has 1 unspecified atom stereocenters. The number of nitrogens with two attached hydrogens (primary N) is 1. The molecule has 1 saturated heterocycles. The molecular formula is C17H29IN4. The van der Waals surface area contributed by atoms with Crippen molar-refractivity contribution in [3.05, 3.63) is 29.3 Å². The van der Waals surface area contributed by atoms with Crippen LogP contribution >= 0.6 is 24.0 Å². The van der Waals surface area contributed by atoms with Crippen molar-refractivity contribution in [2.24, 2.45) is 10.7 Å². The second kappa shape index (κ2) is 9.35. The van der Waals surface area contributed by atoms with Gasteiger partial charge < -0.3 is 11.1 Å². The molecule has 0 aliphatic carbocycles. The number of aliphatic imine (C=N–C) groups is 1. The van der Waals surface area contributed by atoms with Gasteiger partial charge in [0.2, 0.25) is 0 Å². The molecule has 124 valence electrons. The molecule has 0 radical (unpaired) electrons. The molecule has 1 aliphatic rings. The van der Waals surface area contributed by atoms with E-state index in [9.17, 15) is 0 Å². The number of aryl methyl sites for hydroxylation is 2. The number of rotatable bonds is 5. The van der Waals surface area contributed by atoms with Crippen molar-refractivity contribution >= 4 is 35.6 Å². The third-order valence-electron chi connectivity index (χ3n) is 4.09. The number of nitrogens with one attached hydrogen (secondary N) is 1. The van der Waals surface area contributed by atoms with Gasteiger partial charge in [-0.3, -0.25) is 9.89 Å². The quantitative estimate of drug-likeness (QED) is 0.439. The third kappa shape index (κ3) is 5.76. The van der Waals surface area contributed by atoms with Crippen molar-refractivity contribution in [1.82, 2.24) is 4.90 Å². The van der Waals surface area contributed by atoms with Gasteiger partial charge in [0.05, 0.1) is 6.54 Å². The molecule has 1 aromatic carbocycles. The highest BCUT2D eigenvalue weighted by Crippen LogP contribution is 2.15. The van der Waals surface area contributed by atoms with Crippen molar-refractivity contribution in [2.45, 2.75) is 46.1 Å². The summed E-state index contributed by atoms with van der Waals surface area (Å²) in [4.78, 5) is 7.07. The van der Waals surface area contributed by atoms with Gasteiger partial charge in [-0.25, -0.2) is 0 Å². The van der Waals surface area contributed by atoms with Gasteiger partial charge in [0.1, 0.15) is 0 Å². The summed E-state index contributed by atoms with van der Waals surface area (Å²) in [5, 5.41) is 3.20. The molecule has 1 aliphatic heterocycles. The van der Waals surface area contributed by atoms with Crippen molar-refractivity contribution in [1.29, 1.82) is 0 Å². The van der Waals surface area contributed by atoms with Gasteiger partial charge in [-0.2, -0.15) is 0 Å². The second-order valence-corrected chi connectivity index (χ2v) is 6.03. The lowest BCUT2D eigenvalue weighted by Gasteiger charge is -2.24. The van der Waals surface area contributed by atoms with Crippen LogP contribution < -0.4 is 11.1 Å². The SMILES string of the molecule is CCC(CN=C(N)Nc1cc(C)cc(C)c1)N1CCCC1.I. The maximum absolute atomic E-state index is 6.03. The smallest absolute Gasteiger partial charge is 0.193 e. The first-order valence-electron chi connectivity index (χ1n) is 7.97. The number of halogens is 1. The van der Waals surface area contributed by atoms with E-state index < -0.39 is 0 Å². The number of guanidine groups is 1. The molecule has 3 N–H and O–H groups in total. The van der Waals surface area contributed by atoms with Crippen LogP contribution in [-0.2, 0) is 0 Å². The first-order valence-corrected chi connectivity index (χ1v) is 7.97. The Morgan fingerprint density at radius 1 is 1.23 bits per heavy atom. The molecule has 0 aromatic heterocycles. The van der Waals surface area contributed by atoms with Crippen molar-refractivity contribution in [3.8, 4) is 0 Å². The molecule has 4 nitrogen and oxygen atoms in total. The number of hydrogen-bond acceptors (Lipinski definition) is 2. The minimum absolute atomic E-state index is 0. The van der Waals surface area contributed by atoms with Crippen LogP contribution in [-0.4, -0.2) is 36.5 Å². The molecule has 0 amide bonds. The molecule has 0 bridgehead atoms. The van der Waals surface area contributed by atoms with Gasteiger partial charge >= 0.3 is 0 Å². The van der Waals surface area contributed by atoms with Gasteiger partial charge in [0.25, 0.3) is 0 Å². The predicted molar refractivity (Wildman–Crippen MR) is 106 cm³/mol. The van der Waals surface area contributed by atoms with Crippen LogP contribution in [0, 0.1) is 13.8 Å².